The van der Waals surface area contributed by atoms with Crippen LogP contribution in [0.1, 0.15) is 43.5 Å². The average molecular weight is 844 g/mol. The highest BCUT2D eigenvalue weighted by Gasteiger charge is 2.34. The van der Waals surface area contributed by atoms with Crippen LogP contribution in [0.5, 0.6) is 23.0 Å². The van der Waals surface area contributed by atoms with Gasteiger partial charge in [-0.2, -0.15) is 0 Å². The van der Waals surface area contributed by atoms with E-state index in [1.165, 1.54) is 30.9 Å². The summed E-state index contributed by atoms with van der Waals surface area (Å²) in [6.45, 7) is 5.26. The number of esters is 2. The second kappa shape index (κ2) is 16.9. The lowest BCUT2D eigenvalue weighted by Crippen LogP contribution is -2.40. The van der Waals surface area contributed by atoms with Crippen LogP contribution in [0.4, 0.5) is 5.69 Å². The number of carbonyl (C=O) groups excluding carboxylic acids is 2. The SMILES string of the molecule is CCOC(=O)C1=C(C)N=c2s/c(=C/c3cc(I)cc(OC)c3OCc3ccc([N+](=O)[O-])cc3)c(=O)n2[C@@H]1c1ccc(OCC(=O)OC)c(OCC)c1. The monoisotopic (exact) mass is 843 g/mol. The molecular weight excluding hydrogens is 809 g/mol. The van der Waals surface area contributed by atoms with E-state index >= 15 is 0 Å². The van der Waals surface area contributed by atoms with Gasteiger partial charge in [0.1, 0.15) is 6.61 Å². The van der Waals surface area contributed by atoms with E-state index in [-0.39, 0.29) is 43.4 Å². The van der Waals surface area contributed by atoms with Crippen molar-refractivity contribution in [3.8, 4) is 23.0 Å². The number of nitro groups is 1. The minimum Gasteiger partial charge on any atom is -0.493 e. The van der Waals surface area contributed by atoms with Crippen molar-refractivity contribution in [3.63, 3.8) is 0 Å². The highest BCUT2D eigenvalue weighted by atomic mass is 127. The van der Waals surface area contributed by atoms with Crippen LogP contribution in [0.3, 0.4) is 0 Å². The fraction of sp³-hybridized carbons (Fsp3) is 0.278. The fourth-order valence-corrected chi connectivity index (χ4v) is 7.05. The van der Waals surface area contributed by atoms with Crippen molar-refractivity contribution in [2.45, 2.75) is 33.4 Å². The molecule has 1 aromatic heterocycles. The fourth-order valence-electron chi connectivity index (χ4n) is 5.40. The molecule has 0 spiro atoms. The first kappa shape index (κ1) is 38.0. The molecule has 0 bridgehead atoms. The van der Waals surface area contributed by atoms with Crippen molar-refractivity contribution >= 4 is 57.6 Å². The summed E-state index contributed by atoms with van der Waals surface area (Å²) in [7, 11) is 2.76. The number of hydrogen-bond acceptors (Lipinski definition) is 13. The smallest absolute Gasteiger partial charge is 0.343 e. The number of benzene rings is 3. The van der Waals surface area contributed by atoms with Crippen LogP contribution in [-0.2, 0) is 25.7 Å². The summed E-state index contributed by atoms with van der Waals surface area (Å²) in [5.41, 5.74) is 1.83. The minimum absolute atomic E-state index is 0.0386. The second-order valence-corrected chi connectivity index (χ2v) is 13.3. The second-order valence-electron chi connectivity index (χ2n) is 11.0. The van der Waals surface area contributed by atoms with Gasteiger partial charge in [0, 0.05) is 21.3 Å². The molecule has 0 aliphatic carbocycles. The molecule has 52 heavy (non-hydrogen) atoms. The molecular formula is C36H34IN3O11S. The van der Waals surface area contributed by atoms with Gasteiger partial charge in [0.25, 0.3) is 11.2 Å². The zero-order valence-corrected chi connectivity index (χ0v) is 31.8. The molecule has 14 nitrogen and oxygen atoms in total. The van der Waals surface area contributed by atoms with E-state index in [9.17, 15) is 24.5 Å². The predicted molar refractivity (Wildman–Crippen MR) is 199 cm³/mol. The van der Waals surface area contributed by atoms with Gasteiger partial charge in [0.05, 0.1) is 54.2 Å². The first-order chi connectivity index (χ1) is 25.0. The van der Waals surface area contributed by atoms with E-state index in [0.717, 1.165) is 14.9 Å². The molecule has 0 amide bonds. The van der Waals surface area contributed by atoms with Gasteiger partial charge in [-0.1, -0.05) is 17.4 Å². The Kier molecular flexibility index (Phi) is 12.3. The van der Waals surface area contributed by atoms with Crippen LogP contribution in [0.15, 0.2) is 75.7 Å². The topological polar surface area (TPSA) is 167 Å². The van der Waals surface area contributed by atoms with E-state index in [4.69, 9.17) is 23.7 Å². The van der Waals surface area contributed by atoms with Gasteiger partial charge in [-0.15, -0.1) is 0 Å². The highest BCUT2D eigenvalue weighted by molar-refractivity contribution is 14.1. The van der Waals surface area contributed by atoms with Crippen molar-refractivity contribution < 1.29 is 42.9 Å². The summed E-state index contributed by atoms with van der Waals surface area (Å²) in [6.07, 6.45) is 1.68. The predicted octanol–water partition coefficient (Wildman–Crippen LogP) is 4.85. The number of ether oxygens (including phenoxy) is 6. The molecule has 0 unspecified atom stereocenters. The van der Waals surface area contributed by atoms with Gasteiger partial charge >= 0.3 is 11.9 Å². The van der Waals surface area contributed by atoms with Crippen molar-refractivity contribution in [1.82, 2.24) is 4.57 Å². The summed E-state index contributed by atoms with van der Waals surface area (Å²) in [4.78, 5) is 55.3. The van der Waals surface area contributed by atoms with E-state index < -0.39 is 28.5 Å². The molecule has 0 N–H and O–H groups in total. The number of hydrogen-bond donors (Lipinski definition) is 0. The maximum absolute atomic E-state index is 14.4. The Morgan fingerprint density at radius 1 is 1.00 bits per heavy atom. The van der Waals surface area contributed by atoms with Crippen LogP contribution in [0, 0.1) is 13.7 Å². The van der Waals surface area contributed by atoms with Gasteiger partial charge in [-0.3, -0.25) is 19.5 Å². The number of allylic oxidation sites excluding steroid dienone is 1. The normalized spacial score (nSPS) is 13.9. The average Bonchev–Trinajstić information content (AvgIpc) is 3.43. The van der Waals surface area contributed by atoms with Crippen LogP contribution in [-0.4, -0.2) is 55.5 Å². The Labute approximate surface area is 315 Å². The first-order valence-electron chi connectivity index (χ1n) is 15.9. The van der Waals surface area contributed by atoms with Crippen molar-refractivity contribution in [1.29, 1.82) is 0 Å². The summed E-state index contributed by atoms with van der Waals surface area (Å²) in [5.74, 6) is 0.143. The number of rotatable bonds is 14. The van der Waals surface area contributed by atoms with Crippen LogP contribution >= 0.6 is 33.9 Å². The number of nitrogens with zero attached hydrogens (tertiary/aromatic N) is 3. The minimum atomic E-state index is -0.949. The molecule has 0 saturated heterocycles. The quantitative estimate of drug-likeness (QED) is 0.0737. The number of non-ortho nitro benzene ring substituents is 1. The first-order valence-corrected chi connectivity index (χ1v) is 17.8. The molecule has 16 heteroatoms. The number of aromatic nitrogens is 1. The standard InChI is InChI=1S/C36H34IN3O11S/c1-6-48-27-15-22(10-13-26(27)50-19-30(41)47-5)32-31(35(43)49-7-2)20(3)38-36-39(32)34(42)29(52-36)16-23-14-24(37)17-28(46-4)33(23)51-18-21-8-11-25(12-9-21)40(44)45/h8-17,32H,6-7,18-19H2,1-5H3/b29-16+/t32-/m1/s1. The number of fused-ring (bicyclic) bond motifs is 1. The lowest BCUT2D eigenvalue weighted by Gasteiger charge is -2.25. The molecule has 1 aliphatic rings. The van der Waals surface area contributed by atoms with Gasteiger partial charge in [-0.05, 0) is 97.0 Å². The van der Waals surface area contributed by atoms with Crippen molar-refractivity contribution in [2.75, 3.05) is 34.0 Å². The summed E-state index contributed by atoms with van der Waals surface area (Å²) < 4.78 is 36.0. The molecule has 1 atom stereocenters. The molecule has 0 fully saturated rings. The lowest BCUT2D eigenvalue weighted by atomic mass is 9.95. The molecule has 272 valence electrons. The van der Waals surface area contributed by atoms with Crippen molar-refractivity contribution in [3.05, 3.63) is 116 Å². The molecule has 1 aliphatic heterocycles. The third kappa shape index (κ3) is 8.28. The highest BCUT2D eigenvalue weighted by Crippen LogP contribution is 2.37. The Hall–Kier alpha value is -5.23. The van der Waals surface area contributed by atoms with Crippen LogP contribution in [0.25, 0.3) is 6.08 Å². The Morgan fingerprint density at radius 2 is 1.75 bits per heavy atom. The Balaban J connectivity index is 1.63. The molecule has 3 aromatic carbocycles. The maximum Gasteiger partial charge on any atom is 0.343 e. The third-order valence-corrected chi connectivity index (χ3v) is 9.36. The van der Waals surface area contributed by atoms with Crippen molar-refractivity contribution in [2.24, 2.45) is 4.99 Å². The lowest BCUT2D eigenvalue weighted by molar-refractivity contribution is -0.384. The summed E-state index contributed by atoms with van der Waals surface area (Å²) in [5, 5.41) is 11.1. The van der Waals surface area contributed by atoms with E-state index in [2.05, 4.69) is 32.3 Å². The summed E-state index contributed by atoms with van der Waals surface area (Å²) in [6, 6.07) is 13.6. The molecule has 2 heterocycles. The van der Waals surface area contributed by atoms with E-state index in [1.54, 1.807) is 63.2 Å². The molecule has 0 radical (unpaired) electrons. The molecule has 4 aromatic rings. The van der Waals surface area contributed by atoms with E-state index in [1.807, 2.05) is 6.07 Å². The van der Waals surface area contributed by atoms with Gasteiger partial charge in [0.15, 0.2) is 34.4 Å². The van der Waals surface area contributed by atoms with Gasteiger partial charge in [-0.25, -0.2) is 14.6 Å². The Morgan fingerprint density at radius 3 is 2.40 bits per heavy atom. The zero-order valence-electron chi connectivity index (χ0n) is 28.8. The number of nitro benzene ring substituents is 1. The number of carbonyl (C=O) groups is 2. The molecule has 0 saturated carbocycles. The number of halogens is 1. The van der Waals surface area contributed by atoms with Gasteiger partial charge in [0.2, 0.25) is 0 Å². The largest absolute Gasteiger partial charge is 0.493 e. The van der Waals surface area contributed by atoms with E-state index in [0.29, 0.717) is 49.0 Å². The third-order valence-electron chi connectivity index (χ3n) is 7.76. The van der Waals surface area contributed by atoms with Crippen LogP contribution < -0.4 is 33.8 Å². The zero-order chi connectivity index (χ0) is 37.5. The number of methoxy groups -OCH3 is 2. The summed E-state index contributed by atoms with van der Waals surface area (Å²) >= 11 is 3.28. The maximum atomic E-state index is 14.4. The molecule has 5 rings (SSSR count). The van der Waals surface area contributed by atoms with Crippen LogP contribution in [0.2, 0.25) is 0 Å². The number of thiazole rings is 1. The Bertz CT molecular complexity index is 2230. The van der Waals surface area contributed by atoms with Gasteiger partial charge < -0.3 is 28.4 Å².